The van der Waals surface area contributed by atoms with Crippen LogP contribution in [-0.2, 0) is 4.74 Å². The number of ether oxygens (including phenoxy) is 3. The summed E-state index contributed by atoms with van der Waals surface area (Å²) in [6.07, 6.45) is 3.04. The average Bonchev–Trinajstić information content (AvgIpc) is 2.74. The third-order valence-electron chi connectivity index (χ3n) is 4.31. The van der Waals surface area contributed by atoms with E-state index < -0.39 is 12.2 Å². The Morgan fingerprint density at radius 1 is 0.690 bits per heavy atom. The third-order valence-corrected chi connectivity index (χ3v) is 4.31. The van der Waals surface area contributed by atoms with Crippen molar-refractivity contribution in [2.75, 3.05) is 26.4 Å². The van der Waals surface area contributed by atoms with Gasteiger partial charge in [-0.2, -0.15) is 0 Å². The number of para-hydroxylation sites is 2. The van der Waals surface area contributed by atoms with Crippen molar-refractivity contribution in [1.82, 2.24) is 0 Å². The maximum Gasteiger partial charge on any atom is 0.125 e. The molecule has 0 saturated carbocycles. The minimum Gasteiger partial charge on any atom is -0.491 e. The molecular weight excluding hydrogens is 368 g/mol. The van der Waals surface area contributed by atoms with Crippen molar-refractivity contribution in [1.29, 1.82) is 0 Å². The van der Waals surface area contributed by atoms with Gasteiger partial charge in [-0.1, -0.05) is 48.6 Å². The molecule has 156 valence electrons. The van der Waals surface area contributed by atoms with Crippen LogP contribution in [0.2, 0.25) is 0 Å². The van der Waals surface area contributed by atoms with E-state index in [1.54, 1.807) is 12.2 Å². The molecule has 0 aliphatic carbocycles. The first kappa shape index (κ1) is 22.7. The van der Waals surface area contributed by atoms with Gasteiger partial charge in [0.25, 0.3) is 0 Å². The van der Waals surface area contributed by atoms with E-state index in [0.717, 1.165) is 11.1 Å². The molecule has 29 heavy (non-hydrogen) atoms. The molecule has 2 unspecified atom stereocenters. The Labute approximate surface area is 172 Å². The summed E-state index contributed by atoms with van der Waals surface area (Å²) < 4.78 is 17.1. The maximum absolute atomic E-state index is 10.2. The average molecular weight is 398 g/mol. The van der Waals surface area contributed by atoms with E-state index in [4.69, 9.17) is 14.2 Å². The van der Waals surface area contributed by atoms with Crippen LogP contribution in [0.5, 0.6) is 11.5 Å². The van der Waals surface area contributed by atoms with Gasteiger partial charge in [-0.15, -0.1) is 13.2 Å². The lowest BCUT2D eigenvalue weighted by molar-refractivity contribution is 0.0739. The van der Waals surface area contributed by atoms with Crippen LogP contribution in [0.15, 0.2) is 73.8 Å². The lowest BCUT2D eigenvalue weighted by Crippen LogP contribution is -2.13. The molecule has 0 bridgehead atoms. The standard InChI is InChI=1S/C24H30O5/c1-3-9-21(25)19-11-5-7-13-23(19)28-17-15-27-16-18-29-24-14-8-6-12-20(24)22(26)10-4-2/h3-8,11-14,21-22,25-26H,1-2,9-10,15-18H2. The number of aliphatic hydroxyl groups is 2. The number of hydrogen-bond acceptors (Lipinski definition) is 5. The largest absolute Gasteiger partial charge is 0.491 e. The molecule has 5 heteroatoms. The number of rotatable bonds is 14. The van der Waals surface area contributed by atoms with Crippen molar-refractivity contribution >= 4 is 0 Å². The zero-order valence-electron chi connectivity index (χ0n) is 16.7. The Bertz CT molecular complexity index is 695. The molecule has 2 rings (SSSR count). The Kier molecular flexibility index (Phi) is 10.00. The van der Waals surface area contributed by atoms with Crippen molar-refractivity contribution in [3.05, 3.63) is 85.0 Å². The quantitative estimate of drug-likeness (QED) is 0.365. The third kappa shape index (κ3) is 7.38. The topological polar surface area (TPSA) is 68.2 Å². The van der Waals surface area contributed by atoms with Gasteiger partial charge in [0.1, 0.15) is 24.7 Å². The molecule has 0 aromatic heterocycles. The summed E-state index contributed by atoms with van der Waals surface area (Å²) in [6, 6.07) is 14.8. The van der Waals surface area contributed by atoms with Gasteiger partial charge in [-0.25, -0.2) is 0 Å². The molecule has 0 saturated heterocycles. The van der Waals surface area contributed by atoms with Crippen molar-refractivity contribution in [3.8, 4) is 11.5 Å². The second-order valence-electron chi connectivity index (χ2n) is 6.47. The van der Waals surface area contributed by atoms with Crippen LogP contribution in [0.1, 0.15) is 36.2 Å². The van der Waals surface area contributed by atoms with E-state index in [1.807, 2.05) is 48.5 Å². The molecule has 5 nitrogen and oxygen atoms in total. The van der Waals surface area contributed by atoms with Crippen molar-refractivity contribution < 1.29 is 24.4 Å². The highest BCUT2D eigenvalue weighted by Gasteiger charge is 2.12. The van der Waals surface area contributed by atoms with Crippen LogP contribution in [0.4, 0.5) is 0 Å². The predicted molar refractivity (Wildman–Crippen MR) is 114 cm³/mol. The maximum atomic E-state index is 10.2. The first-order valence-electron chi connectivity index (χ1n) is 9.76. The lowest BCUT2D eigenvalue weighted by Gasteiger charge is -2.16. The van der Waals surface area contributed by atoms with Crippen molar-refractivity contribution in [2.45, 2.75) is 25.0 Å². The Morgan fingerprint density at radius 2 is 1.10 bits per heavy atom. The normalized spacial score (nSPS) is 12.8. The zero-order chi connectivity index (χ0) is 20.9. The minimum absolute atomic E-state index is 0.368. The fourth-order valence-electron chi connectivity index (χ4n) is 2.87. The van der Waals surface area contributed by atoms with Crippen LogP contribution < -0.4 is 9.47 Å². The number of hydrogen-bond donors (Lipinski definition) is 2. The Hall–Kier alpha value is -2.60. The van der Waals surface area contributed by atoms with Gasteiger partial charge in [0.05, 0.1) is 25.4 Å². The van der Waals surface area contributed by atoms with Crippen molar-refractivity contribution in [3.63, 3.8) is 0 Å². The SMILES string of the molecule is C=CCC(O)c1ccccc1OCCOCCOc1ccccc1C(O)CC=C. The molecule has 0 spiro atoms. The van der Waals surface area contributed by atoms with Crippen LogP contribution in [0.3, 0.4) is 0 Å². The molecule has 0 radical (unpaired) electrons. The molecule has 2 N–H and O–H groups in total. The zero-order valence-corrected chi connectivity index (χ0v) is 16.7. The van der Waals surface area contributed by atoms with Gasteiger partial charge < -0.3 is 24.4 Å². The highest BCUT2D eigenvalue weighted by atomic mass is 16.5. The molecule has 0 amide bonds. The van der Waals surface area contributed by atoms with Gasteiger partial charge in [-0.3, -0.25) is 0 Å². The first-order chi connectivity index (χ1) is 14.2. The van der Waals surface area contributed by atoms with Crippen LogP contribution in [0, 0.1) is 0 Å². The van der Waals surface area contributed by atoms with E-state index in [2.05, 4.69) is 13.2 Å². The second kappa shape index (κ2) is 12.8. The first-order valence-corrected chi connectivity index (χ1v) is 9.76. The molecule has 0 aliphatic rings. The van der Waals surface area contributed by atoms with Crippen LogP contribution in [-0.4, -0.2) is 36.6 Å². The molecule has 0 fully saturated rings. The van der Waals surface area contributed by atoms with Gasteiger partial charge in [0.2, 0.25) is 0 Å². The minimum atomic E-state index is -0.630. The number of benzene rings is 2. The van der Waals surface area contributed by atoms with Crippen LogP contribution in [0.25, 0.3) is 0 Å². The molecule has 2 atom stereocenters. The highest BCUT2D eigenvalue weighted by Crippen LogP contribution is 2.28. The lowest BCUT2D eigenvalue weighted by atomic mass is 10.1. The fourth-order valence-corrected chi connectivity index (χ4v) is 2.87. The van der Waals surface area contributed by atoms with E-state index in [0.29, 0.717) is 50.8 Å². The summed E-state index contributed by atoms with van der Waals surface area (Å²) in [7, 11) is 0. The Morgan fingerprint density at radius 3 is 1.52 bits per heavy atom. The summed E-state index contributed by atoms with van der Waals surface area (Å²) in [5.41, 5.74) is 1.48. The summed E-state index contributed by atoms with van der Waals surface area (Å²) in [6.45, 7) is 8.84. The predicted octanol–water partition coefficient (Wildman–Crippen LogP) is 4.38. The van der Waals surface area contributed by atoms with Crippen LogP contribution >= 0.6 is 0 Å². The molecule has 2 aromatic carbocycles. The van der Waals surface area contributed by atoms with E-state index in [-0.39, 0.29) is 0 Å². The Balaban J connectivity index is 1.71. The van der Waals surface area contributed by atoms with Gasteiger partial charge >= 0.3 is 0 Å². The summed E-state index contributed by atoms with van der Waals surface area (Å²) >= 11 is 0. The van der Waals surface area contributed by atoms with Gasteiger partial charge in [-0.05, 0) is 25.0 Å². The molecule has 2 aromatic rings. The summed E-state index contributed by atoms with van der Waals surface area (Å²) in [4.78, 5) is 0. The second-order valence-corrected chi connectivity index (χ2v) is 6.47. The van der Waals surface area contributed by atoms with Crippen molar-refractivity contribution in [2.24, 2.45) is 0 Å². The fraction of sp³-hybridized carbons (Fsp3) is 0.333. The van der Waals surface area contributed by atoms with E-state index >= 15 is 0 Å². The molecule has 0 aliphatic heterocycles. The molecule has 0 heterocycles. The summed E-state index contributed by atoms with van der Waals surface area (Å²) in [5, 5.41) is 20.3. The van der Waals surface area contributed by atoms with E-state index in [1.165, 1.54) is 0 Å². The monoisotopic (exact) mass is 398 g/mol. The van der Waals surface area contributed by atoms with Gasteiger partial charge in [0, 0.05) is 11.1 Å². The number of aliphatic hydroxyl groups excluding tert-OH is 2. The smallest absolute Gasteiger partial charge is 0.125 e. The molecular formula is C24H30O5. The van der Waals surface area contributed by atoms with E-state index in [9.17, 15) is 10.2 Å². The van der Waals surface area contributed by atoms with Gasteiger partial charge in [0.15, 0.2) is 0 Å². The highest BCUT2D eigenvalue weighted by molar-refractivity contribution is 5.36. The summed E-state index contributed by atoms with van der Waals surface area (Å²) in [5.74, 6) is 1.29.